The van der Waals surface area contributed by atoms with Gasteiger partial charge in [0.05, 0.1) is 13.2 Å². The predicted octanol–water partition coefficient (Wildman–Crippen LogP) is 4.38. The van der Waals surface area contributed by atoms with Gasteiger partial charge < -0.3 is 15.4 Å². The van der Waals surface area contributed by atoms with Gasteiger partial charge in [-0.05, 0) is 64.9 Å². The number of amides is 1. The number of benzene rings is 2. The molecule has 1 amide bonds. The Hall–Kier alpha value is -1.76. The van der Waals surface area contributed by atoms with Crippen LogP contribution in [0.4, 0.5) is 11.4 Å². The normalized spacial score (nSPS) is 10.4. The van der Waals surface area contributed by atoms with Crippen LogP contribution in [-0.4, -0.2) is 19.1 Å². The molecule has 5 heteroatoms. The number of rotatable bonds is 7. The van der Waals surface area contributed by atoms with Crippen LogP contribution in [-0.2, 0) is 4.79 Å². The van der Waals surface area contributed by atoms with Crippen molar-refractivity contribution in [3.05, 3.63) is 52.1 Å². The monoisotopic (exact) mass is 424 g/mol. The van der Waals surface area contributed by atoms with Crippen molar-refractivity contribution >= 4 is 39.9 Å². The van der Waals surface area contributed by atoms with Gasteiger partial charge in [-0.15, -0.1) is 0 Å². The van der Waals surface area contributed by atoms with E-state index in [1.54, 1.807) is 0 Å². The summed E-state index contributed by atoms with van der Waals surface area (Å²) < 4.78 is 6.83. The van der Waals surface area contributed by atoms with Crippen LogP contribution in [0.5, 0.6) is 5.75 Å². The number of anilines is 2. The van der Waals surface area contributed by atoms with Gasteiger partial charge in [-0.1, -0.05) is 19.9 Å². The lowest BCUT2D eigenvalue weighted by molar-refractivity contribution is -0.114. The maximum Gasteiger partial charge on any atom is 0.243 e. The highest BCUT2D eigenvalue weighted by Gasteiger charge is 2.04. The minimum absolute atomic E-state index is 0.0930. The lowest BCUT2D eigenvalue weighted by atomic mass is 10.2. The van der Waals surface area contributed by atoms with E-state index >= 15 is 0 Å². The zero-order valence-corrected chi connectivity index (χ0v) is 15.5. The molecule has 0 aromatic heterocycles. The summed E-state index contributed by atoms with van der Waals surface area (Å²) >= 11 is 2.25. The van der Waals surface area contributed by atoms with E-state index in [-0.39, 0.29) is 12.5 Å². The SMILES string of the molecule is CC(C)COc1cccc(NC(=O)CNc2ccc(I)cc2)c1. The molecule has 2 rings (SSSR count). The summed E-state index contributed by atoms with van der Waals surface area (Å²) in [5.74, 6) is 1.14. The molecule has 23 heavy (non-hydrogen) atoms. The largest absolute Gasteiger partial charge is 0.493 e. The molecule has 0 fully saturated rings. The van der Waals surface area contributed by atoms with Crippen LogP contribution >= 0.6 is 22.6 Å². The smallest absolute Gasteiger partial charge is 0.243 e. The quantitative estimate of drug-likeness (QED) is 0.649. The number of carbonyl (C=O) groups is 1. The first-order valence-electron chi connectivity index (χ1n) is 7.55. The third-order valence-corrected chi connectivity index (χ3v) is 3.72. The van der Waals surface area contributed by atoms with Crippen LogP contribution in [0.3, 0.4) is 0 Å². The molecule has 0 bridgehead atoms. The second-order valence-corrected chi connectivity index (χ2v) is 6.89. The highest BCUT2D eigenvalue weighted by Crippen LogP contribution is 2.18. The van der Waals surface area contributed by atoms with Gasteiger partial charge in [0, 0.05) is 21.0 Å². The molecule has 0 radical (unpaired) electrons. The third kappa shape index (κ3) is 6.48. The van der Waals surface area contributed by atoms with Crippen molar-refractivity contribution in [1.29, 1.82) is 0 Å². The van der Waals surface area contributed by atoms with Crippen molar-refractivity contribution in [2.24, 2.45) is 5.92 Å². The Labute approximate surface area is 150 Å². The summed E-state index contributed by atoms with van der Waals surface area (Å²) in [6.07, 6.45) is 0. The third-order valence-electron chi connectivity index (χ3n) is 3.00. The zero-order valence-electron chi connectivity index (χ0n) is 13.3. The van der Waals surface area contributed by atoms with Crippen molar-refractivity contribution in [1.82, 2.24) is 0 Å². The number of halogens is 1. The Morgan fingerprint density at radius 2 is 1.87 bits per heavy atom. The first-order valence-corrected chi connectivity index (χ1v) is 8.63. The van der Waals surface area contributed by atoms with Crippen molar-refractivity contribution in [3.8, 4) is 5.75 Å². The van der Waals surface area contributed by atoms with E-state index in [2.05, 4.69) is 47.1 Å². The fraction of sp³-hybridized carbons (Fsp3) is 0.278. The predicted molar refractivity (Wildman–Crippen MR) is 103 cm³/mol. The Balaban J connectivity index is 1.84. The molecule has 2 N–H and O–H groups in total. The van der Waals surface area contributed by atoms with Crippen LogP contribution in [0.25, 0.3) is 0 Å². The van der Waals surface area contributed by atoms with Gasteiger partial charge in [-0.2, -0.15) is 0 Å². The van der Waals surface area contributed by atoms with Gasteiger partial charge in [0.1, 0.15) is 5.75 Å². The first kappa shape index (κ1) is 17.6. The fourth-order valence-electron chi connectivity index (χ4n) is 1.88. The second-order valence-electron chi connectivity index (χ2n) is 5.64. The van der Waals surface area contributed by atoms with Crippen molar-refractivity contribution < 1.29 is 9.53 Å². The van der Waals surface area contributed by atoms with Gasteiger partial charge in [0.25, 0.3) is 0 Å². The number of ether oxygens (including phenoxy) is 1. The van der Waals surface area contributed by atoms with Crippen molar-refractivity contribution in [3.63, 3.8) is 0 Å². The van der Waals surface area contributed by atoms with E-state index in [1.165, 1.54) is 0 Å². The Bertz CT molecular complexity index is 642. The standard InChI is InChI=1S/C18H21IN2O2/c1-13(2)12-23-17-5-3-4-16(10-17)21-18(22)11-20-15-8-6-14(19)7-9-15/h3-10,13,20H,11-12H2,1-2H3,(H,21,22). The molecule has 0 atom stereocenters. The maximum absolute atomic E-state index is 12.0. The molecule has 0 unspecified atom stereocenters. The molecule has 0 aliphatic heterocycles. The summed E-state index contributed by atoms with van der Waals surface area (Å²) in [4.78, 5) is 12.0. The minimum Gasteiger partial charge on any atom is -0.493 e. The zero-order chi connectivity index (χ0) is 16.7. The highest BCUT2D eigenvalue weighted by molar-refractivity contribution is 14.1. The Morgan fingerprint density at radius 3 is 2.57 bits per heavy atom. The van der Waals surface area contributed by atoms with E-state index in [0.29, 0.717) is 12.5 Å². The summed E-state index contributed by atoms with van der Waals surface area (Å²) in [5.41, 5.74) is 1.66. The van der Waals surface area contributed by atoms with E-state index in [0.717, 1.165) is 20.7 Å². The molecule has 2 aromatic rings. The molecular weight excluding hydrogens is 403 g/mol. The average Bonchev–Trinajstić information content (AvgIpc) is 2.53. The summed E-state index contributed by atoms with van der Waals surface area (Å²) in [6.45, 7) is 5.08. The maximum atomic E-state index is 12.0. The minimum atomic E-state index is -0.0930. The van der Waals surface area contributed by atoms with Gasteiger partial charge in [0.15, 0.2) is 0 Å². The number of hydrogen-bond acceptors (Lipinski definition) is 3. The summed E-state index contributed by atoms with van der Waals surface area (Å²) in [7, 11) is 0. The molecular formula is C18H21IN2O2. The number of nitrogens with one attached hydrogen (secondary N) is 2. The molecule has 0 saturated heterocycles. The van der Waals surface area contributed by atoms with Crippen LogP contribution in [0.15, 0.2) is 48.5 Å². The topological polar surface area (TPSA) is 50.4 Å². The van der Waals surface area contributed by atoms with Gasteiger partial charge in [-0.25, -0.2) is 0 Å². The molecule has 122 valence electrons. The lowest BCUT2D eigenvalue weighted by Gasteiger charge is -2.11. The molecule has 0 saturated carbocycles. The van der Waals surface area contributed by atoms with Crippen LogP contribution < -0.4 is 15.4 Å². The lowest BCUT2D eigenvalue weighted by Crippen LogP contribution is -2.21. The number of carbonyl (C=O) groups excluding carboxylic acids is 1. The van der Waals surface area contributed by atoms with Gasteiger partial charge >= 0.3 is 0 Å². The fourth-order valence-corrected chi connectivity index (χ4v) is 2.24. The second kappa shape index (κ2) is 8.76. The van der Waals surface area contributed by atoms with Crippen LogP contribution in [0, 0.1) is 9.49 Å². The van der Waals surface area contributed by atoms with Crippen molar-refractivity contribution in [2.45, 2.75) is 13.8 Å². The molecule has 4 nitrogen and oxygen atoms in total. The van der Waals surface area contributed by atoms with E-state index in [4.69, 9.17) is 4.74 Å². The van der Waals surface area contributed by atoms with E-state index in [9.17, 15) is 4.79 Å². The first-order chi connectivity index (χ1) is 11.0. The summed E-state index contributed by atoms with van der Waals surface area (Å²) in [5, 5.41) is 5.97. The Kier molecular flexibility index (Phi) is 6.70. The van der Waals surface area contributed by atoms with Crippen LogP contribution in [0.2, 0.25) is 0 Å². The molecule has 0 heterocycles. The van der Waals surface area contributed by atoms with Crippen molar-refractivity contribution in [2.75, 3.05) is 23.8 Å². The molecule has 0 spiro atoms. The summed E-state index contributed by atoms with van der Waals surface area (Å²) in [6, 6.07) is 15.4. The Morgan fingerprint density at radius 1 is 1.13 bits per heavy atom. The molecule has 0 aliphatic carbocycles. The average molecular weight is 424 g/mol. The molecule has 2 aromatic carbocycles. The van der Waals surface area contributed by atoms with Gasteiger partial charge in [0.2, 0.25) is 5.91 Å². The molecule has 0 aliphatic rings. The van der Waals surface area contributed by atoms with Gasteiger partial charge in [-0.3, -0.25) is 4.79 Å². The number of hydrogen-bond donors (Lipinski definition) is 2. The van der Waals surface area contributed by atoms with Crippen LogP contribution in [0.1, 0.15) is 13.8 Å². The van der Waals surface area contributed by atoms with E-state index in [1.807, 2.05) is 48.5 Å². The highest BCUT2D eigenvalue weighted by atomic mass is 127. The van der Waals surface area contributed by atoms with E-state index < -0.39 is 0 Å².